The highest BCUT2D eigenvalue weighted by atomic mass is 35.5. The lowest BCUT2D eigenvalue weighted by atomic mass is 9.98. The van der Waals surface area contributed by atoms with E-state index in [1.165, 1.54) is 0 Å². The van der Waals surface area contributed by atoms with E-state index in [1.807, 2.05) is 53.1 Å². The largest absolute Gasteiger partial charge is 0.457 e. The van der Waals surface area contributed by atoms with Crippen molar-refractivity contribution in [3.63, 3.8) is 0 Å². The Balaban J connectivity index is 1.53. The number of benzene rings is 2. The molecular weight excluding hydrogens is 428 g/mol. The Morgan fingerprint density at radius 1 is 1.16 bits per heavy atom. The molecule has 1 aliphatic rings. The predicted octanol–water partition coefficient (Wildman–Crippen LogP) is 4.68. The van der Waals surface area contributed by atoms with E-state index < -0.39 is 0 Å². The van der Waals surface area contributed by atoms with Gasteiger partial charge < -0.3 is 20.3 Å². The zero-order valence-electron chi connectivity index (χ0n) is 17.3. The van der Waals surface area contributed by atoms with Crippen LogP contribution < -0.4 is 10.5 Å². The van der Waals surface area contributed by atoms with Crippen molar-refractivity contribution in [2.24, 2.45) is 0 Å². The second-order valence-electron chi connectivity index (χ2n) is 7.82. The molecule has 7 nitrogen and oxygen atoms in total. The molecule has 2 aromatic carbocycles. The molecule has 1 fully saturated rings. The minimum Gasteiger partial charge on any atom is -0.457 e. The van der Waals surface area contributed by atoms with Crippen LogP contribution in [0.5, 0.6) is 11.5 Å². The molecular formula is C24H23ClN4O3. The predicted molar refractivity (Wildman–Crippen MR) is 123 cm³/mol. The molecule has 0 bridgehead atoms. The molecule has 1 aliphatic heterocycles. The summed E-state index contributed by atoms with van der Waals surface area (Å²) >= 11 is 6.67. The number of aliphatic hydroxyl groups is 1. The minimum absolute atomic E-state index is 0.0319. The van der Waals surface area contributed by atoms with Crippen LogP contribution in [0.15, 0.2) is 60.9 Å². The molecule has 3 N–H and O–H groups in total. The van der Waals surface area contributed by atoms with Crippen molar-refractivity contribution in [2.45, 2.75) is 24.9 Å². The molecule has 8 heteroatoms. The van der Waals surface area contributed by atoms with Crippen LogP contribution >= 0.6 is 11.6 Å². The van der Waals surface area contributed by atoms with Gasteiger partial charge in [-0.15, -0.1) is 0 Å². The van der Waals surface area contributed by atoms with E-state index in [0.29, 0.717) is 34.4 Å². The van der Waals surface area contributed by atoms with E-state index in [4.69, 9.17) is 31.8 Å². The number of anilines is 1. The molecule has 2 atom stereocenters. The molecule has 0 aliphatic carbocycles. The summed E-state index contributed by atoms with van der Waals surface area (Å²) in [6.07, 6.45) is 5.05. The number of aliphatic hydroxyl groups excluding tert-OH is 1. The van der Waals surface area contributed by atoms with Crippen LogP contribution in [0.2, 0.25) is 5.02 Å². The molecule has 0 radical (unpaired) electrons. The molecule has 0 amide bonds. The van der Waals surface area contributed by atoms with Crippen molar-refractivity contribution >= 4 is 22.9 Å². The van der Waals surface area contributed by atoms with Crippen LogP contribution in [-0.4, -0.2) is 38.8 Å². The number of para-hydroxylation sites is 1. The number of nitrogens with two attached hydrogens (primary N) is 1. The van der Waals surface area contributed by atoms with Crippen molar-refractivity contribution in [1.29, 1.82) is 0 Å². The number of halogens is 1. The Bertz CT molecular complexity index is 1240. The fourth-order valence-electron chi connectivity index (χ4n) is 4.09. The number of rotatable bonds is 5. The summed E-state index contributed by atoms with van der Waals surface area (Å²) in [5.41, 5.74) is 8.40. The number of hydrogen-bond donors (Lipinski definition) is 2. The molecule has 0 spiro atoms. The Kier molecular flexibility index (Phi) is 5.70. The van der Waals surface area contributed by atoms with Crippen molar-refractivity contribution in [1.82, 2.24) is 14.4 Å². The van der Waals surface area contributed by atoms with Crippen LogP contribution in [0.3, 0.4) is 0 Å². The first-order valence-electron chi connectivity index (χ1n) is 10.5. The SMILES string of the molecule is Nc1nccn2c(C3CCC(CO)OC3)nc(-c3ccc(Oc4ccccc4)cc3Cl)c12. The molecule has 3 heterocycles. The summed E-state index contributed by atoms with van der Waals surface area (Å²) in [5.74, 6) is 2.68. The quantitative estimate of drug-likeness (QED) is 0.458. The van der Waals surface area contributed by atoms with Gasteiger partial charge >= 0.3 is 0 Å². The highest BCUT2D eigenvalue weighted by molar-refractivity contribution is 6.33. The van der Waals surface area contributed by atoms with Crippen molar-refractivity contribution in [3.05, 3.63) is 71.8 Å². The van der Waals surface area contributed by atoms with E-state index in [2.05, 4.69) is 4.98 Å². The smallest absolute Gasteiger partial charge is 0.150 e. The van der Waals surface area contributed by atoms with E-state index in [0.717, 1.165) is 30.0 Å². The molecule has 2 unspecified atom stereocenters. The highest BCUT2D eigenvalue weighted by Gasteiger charge is 2.28. The molecule has 32 heavy (non-hydrogen) atoms. The van der Waals surface area contributed by atoms with Gasteiger partial charge in [-0.25, -0.2) is 9.97 Å². The third-order valence-corrected chi connectivity index (χ3v) is 6.04. The zero-order valence-corrected chi connectivity index (χ0v) is 18.1. The number of ether oxygens (including phenoxy) is 2. The first kappa shape index (κ1) is 20.8. The van der Waals surface area contributed by atoms with Gasteiger partial charge in [-0.3, -0.25) is 4.40 Å². The van der Waals surface area contributed by atoms with Crippen molar-refractivity contribution in [2.75, 3.05) is 18.9 Å². The first-order chi connectivity index (χ1) is 15.6. The van der Waals surface area contributed by atoms with Crippen molar-refractivity contribution < 1.29 is 14.6 Å². The van der Waals surface area contributed by atoms with E-state index in [9.17, 15) is 5.11 Å². The van der Waals surface area contributed by atoms with Crippen LogP contribution in [-0.2, 0) is 4.74 Å². The Hall–Kier alpha value is -3.13. The summed E-state index contributed by atoms with van der Waals surface area (Å²) in [5, 5.41) is 9.87. The number of nitrogens with zero attached hydrogens (tertiary/aromatic N) is 3. The fourth-order valence-corrected chi connectivity index (χ4v) is 4.35. The van der Waals surface area contributed by atoms with Gasteiger partial charge in [0.05, 0.1) is 24.3 Å². The molecule has 4 aromatic rings. The number of hydrogen-bond acceptors (Lipinski definition) is 6. The third kappa shape index (κ3) is 3.90. The van der Waals surface area contributed by atoms with Crippen molar-refractivity contribution in [3.8, 4) is 22.8 Å². The number of nitrogen functional groups attached to an aromatic ring is 1. The van der Waals surface area contributed by atoms with Gasteiger partial charge in [0.25, 0.3) is 0 Å². The highest BCUT2D eigenvalue weighted by Crippen LogP contribution is 2.38. The van der Waals surface area contributed by atoms with Crippen LogP contribution in [0.4, 0.5) is 5.82 Å². The number of aromatic nitrogens is 3. The lowest BCUT2D eigenvalue weighted by molar-refractivity contribution is -0.0282. The van der Waals surface area contributed by atoms with E-state index >= 15 is 0 Å². The van der Waals surface area contributed by atoms with E-state index in [-0.39, 0.29) is 18.6 Å². The molecule has 2 aromatic heterocycles. The van der Waals surface area contributed by atoms with Gasteiger partial charge in [0.1, 0.15) is 34.4 Å². The molecule has 5 rings (SSSR count). The second kappa shape index (κ2) is 8.78. The standard InChI is InChI=1S/C24H23ClN4O3/c25-20-12-17(32-16-4-2-1-3-5-16)8-9-19(20)21-22-23(26)27-10-11-29(22)24(28-21)15-6-7-18(13-30)31-14-15/h1-5,8-12,15,18,30H,6-7,13-14H2,(H2,26,27). The Morgan fingerprint density at radius 3 is 2.72 bits per heavy atom. The molecule has 164 valence electrons. The molecule has 0 saturated carbocycles. The van der Waals surface area contributed by atoms with Gasteiger partial charge in [0.15, 0.2) is 0 Å². The molecule has 1 saturated heterocycles. The maximum Gasteiger partial charge on any atom is 0.150 e. The average Bonchev–Trinajstić information content (AvgIpc) is 3.21. The van der Waals surface area contributed by atoms with Gasteiger partial charge in [-0.05, 0) is 37.1 Å². The van der Waals surface area contributed by atoms with Gasteiger partial charge in [-0.2, -0.15) is 0 Å². The van der Waals surface area contributed by atoms with E-state index in [1.54, 1.807) is 12.3 Å². The summed E-state index contributed by atoms with van der Waals surface area (Å²) in [7, 11) is 0. The van der Waals surface area contributed by atoms with Gasteiger partial charge in [-0.1, -0.05) is 29.8 Å². The maximum absolute atomic E-state index is 9.36. The summed E-state index contributed by atoms with van der Waals surface area (Å²) in [6.45, 7) is 0.522. The van der Waals surface area contributed by atoms with Gasteiger partial charge in [0.2, 0.25) is 0 Å². The number of fused-ring (bicyclic) bond motifs is 1. The maximum atomic E-state index is 9.36. The second-order valence-corrected chi connectivity index (χ2v) is 8.23. The topological polar surface area (TPSA) is 94.9 Å². The van der Waals surface area contributed by atoms with Gasteiger partial charge in [0, 0.05) is 29.9 Å². The first-order valence-corrected chi connectivity index (χ1v) is 10.9. The number of imidazole rings is 1. The van der Waals surface area contributed by atoms with Crippen LogP contribution in [0.25, 0.3) is 16.8 Å². The normalized spacial score (nSPS) is 18.7. The summed E-state index contributed by atoms with van der Waals surface area (Å²) in [6, 6.07) is 15.1. The lowest BCUT2D eigenvalue weighted by Gasteiger charge is -2.27. The third-order valence-electron chi connectivity index (χ3n) is 5.72. The summed E-state index contributed by atoms with van der Waals surface area (Å²) < 4.78 is 13.7. The average molecular weight is 451 g/mol. The zero-order chi connectivity index (χ0) is 22.1. The minimum atomic E-state index is -0.115. The lowest BCUT2D eigenvalue weighted by Crippen LogP contribution is -2.28. The Morgan fingerprint density at radius 2 is 2.00 bits per heavy atom. The van der Waals surface area contributed by atoms with Crippen LogP contribution in [0.1, 0.15) is 24.6 Å². The fraction of sp³-hybridized carbons (Fsp3) is 0.250. The summed E-state index contributed by atoms with van der Waals surface area (Å²) in [4.78, 5) is 9.21. The monoisotopic (exact) mass is 450 g/mol. The Labute approximate surface area is 190 Å². The van der Waals surface area contributed by atoms with Crippen LogP contribution in [0, 0.1) is 0 Å².